The Labute approximate surface area is 189 Å². The summed E-state index contributed by atoms with van der Waals surface area (Å²) in [4.78, 5) is 13.3. The van der Waals surface area contributed by atoms with Crippen molar-refractivity contribution in [3.8, 4) is 22.9 Å². The van der Waals surface area contributed by atoms with E-state index in [1.807, 2.05) is 26.0 Å². The van der Waals surface area contributed by atoms with Gasteiger partial charge in [-0.15, -0.1) is 0 Å². The average Bonchev–Trinajstić information content (AvgIpc) is 2.83. The van der Waals surface area contributed by atoms with E-state index in [0.29, 0.717) is 43.2 Å². The SMILES string of the molecule is CCC(F)(CC)CN1CCC(COc2ccc(-c3ccc(C(=O)O)cc3)c(C#N)c2)CC1. The maximum Gasteiger partial charge on any atom is 0.335 e. The van der Waals surface area contributed by atoms with Crippen LogP contribution in [0.5, 0.6) is 5.75 Å². The Balaban J connectivity index is 1.56. The Morgan fingerprint density at radius 3 is 2.41 bits per heavy atom. The van der Waals surface area contributed by atoms with E-state index in [4.69, 9.17) is 9.84 Å². The molecule has 0 radical (unpaired) electrons. The van der Waals surface area contributed by atoms with Crippen LogP contribution in [0, 0.1) is 17.2 Å². The number of alkyl halides is 1. The summed E-state index contributed by atoms with van der Waals surface area (Å²) in [7, 11) is 0. The molecule has 1 aliphatic rings. The molecule has 2 aromatic carbocycles. The number of piperidine rings is 1. The number of hydrogen-bond acceptors (Lipinski definition) is 4. The molecule has 1 aliphatic heterocycles. The molecule has 1 saturated heterocycles. The molecule has 1 fully saturated rings. The van der Waals surface area contributed by atoms with Crippen LogP contribution in [0.2, 0.25) is 0 Å². The largest absolute Gasteiger partial charge is 0.493 e. The maximum atomic E-state index is 14.7. The summed E-state index contributed by atoms with van der Waals surface area (Å²) in [5.41, 5.74) is 1.13. The first kappa shape index (κ1) is 23.7. The molecule has 3 rings (SSSR count). The smallest absolute Gasteiger partial charge is 0.335 e. The number of carboxylic acid groups (broad SMARTS) is 1. The van der Waals surface area contributed by atoms with Gasteiger partial charge in [0.2, 0.25) is 0 Å². The first-order valence-corrected chi connectivity index (χ1v) is 11.3. The van der Waals surface area contributed by atoms with Gasteiger partial charge in [-0.3, -0.25) is 0 Å². The predicted octanol–water partition coefficient (Wildman–Crippen LogP) is 5.54. The molecule has 5 nitrogen and oxygen atoms in total. The van der Waals surface area contributed by atoms with E-state index in [1.165, 1.54) is 12.1 Å². The van der Waals surface area contributed by atoms with Gasteiger partial charge in [-0.2, -0.15) is 5.26 Å². The van der Waals surface area contributed by atoms with Gasteiger partial charge in [0.15, 0.2) is 0 Å². The van der Waals surface area contributed by atoms with Crippen molar-refractivity contribution in [2.24, 2.45) is 5.92 Å². The number of benzene rings is 2. The summed E-state index contributed by atoms with van der Waals surface area (Å²) in [5.74, 6) is 0.0818. The van der Waals surface area contributed by atoms with Crippen LogP contribution in [0.15, 0.2) is 42.5 Å². The van der Waals surface area contributed by atoms with Gasteiger partial charge in [0, 0.05) is 6.54 Å². The summed E-state index contributed by atoms with van der Waals surface area (Å²) >= 11 is 0. The highest BCUT2D eigenvalue weighted by Crippen LogP contribution is 2.29. The van der Waals surface area contributed by atoms with Gasteiger partial charge in [0.25, 0.3) is 0 Å². The van der Waals surface area contributed by atoms with Crippen LogP contribution in [-0.4, -0.2) is 47.9 Å². The number of ether oxygens (including phenoxy) is 1. The standard InChI is InChI=1S/C26H31FN2O3/c1-3-26(27,4-2)18-29-13-11-19(12-14-29)17-32-23-9-10-24(22(15-23)16-28)20-5-7-21(8-6-20)25(30)31/h5-10,15,19H,3-4,11-14,17-18H2,1-2H3,(H,30,31). The third-order valence-corrected chi connectivity index (χ3v) is 6.52. The molecule has 2 aromatic rings. The molecule has 0 saturated carbocycles. The van der Waals surface area contributed by atoms with Gasteiger partial charge >= 0.3 is 5.97 Å². The fourth-order valence-corrected chi connectivity index (χ4v) is 4.15. The molecule has 0 aliphatic carbocycles. The summed E-state index contributed by atoms with van der Waals surface area (Å²) in [6.45, 7) is 6.68. The van der Waals surface area contributed by atoms with Gasteiger partial charge in [-0.25, -0.2) is 9.18 Å². The molecule has 6 heteroatoms. The van der Waals surface area contributed by atoms with Gasteiger partial charge in [0.1, 0.15) is 11.4 Å². The predicted molar refractivity (Wildman–Crippen MR) is 123 cm³/mol. The molecule has 1 N–H and O–H groups in total. The van der Waals surface area contributed by atoms with Crippen molar-refractivity contribution in [2.45, 2.75) is 45.2 Å². The van der Waals surface area contributed by atoms with Crippen molar-refractivity contribution in [3.05, 3.63) is 53.6 Å². The van der Waals surface area contributed by atoms with E-state index in [2.05, 4.69) is 11.0 Å². The van der Waals surface area contributed by atoms with E-state index < -0.39 is 11.6 Å². The van der Waals surface area contributed by atoms with E-state index in [-0.39, 0.29) is 5.56 Å². The zero-order valence-electron chi connectivity index (χ0n) is 18.8. The van der Waals surface area contributed by atoms with Crippen molar-refractivity contribution in [3.63, 3.8) is 0 Å². The van der Waals surface area contributed by atoms with Crippen molar-refractivity contribution in [2.75, 3.05) is 26.2 Å². The maximum absolute atomic E-state index is 14.7. The van der Waals surface area contributed by atoms with Crippen LogP contribution >= 0.6 is 0 Å². The molecule has 170 valence electrons. The normalized spacial score (nSPS) is 15.3. The Bertz CT molecular complexity index is 956. The lowest BCUT2D eigenvalue weighted by Crippen LogP contribution is -2.44. The number of aromatic carboxylic acids is 1. The minimum atomic E-state index is -1.09. The number of hydrogen-bond donors (Lipinski definition) is 1. The molecule has 0 amide bonds. The molecule has 0 spiro atoms. The van der Waals surface area contributed by atoms with Crippen LogP contribution in [0.25, 0.3) is 11.1 Å². The van der Waals surface area contributed by atoms with Crippen LogP contribution < -0.4 is 4.74 Å². The van der Waals surface area contributed by atoms with Crippen LogP contribution in [-0.2, 0) is 0 Å². The quantitative estimate of drug-likeness (QED) is 0.556. The number of carboxylic acids is 1. The monoisotopic (exact) mass is 438 g/mol. The Morgan fingerprint density at radius 2 is 1.84 bits per heavy atom. The molecule has 0 aromatic heterocycles. The second-order valence-corrected chi connectivity index (χ2v) is 8.59. The van der Waals surface area contributed by atoms with E-state index in [9.17, 15) is 14.4 Å². The molecular weight excluding hydrogens is 407 g/mol. The number of carbonyl (C=O) groups is 1. The van der Waals surface area contributed by atoms with Crippen LogP contribution in [0.1, 0.15) is 55.5 Å². The Kier molecular flexibility index (Phi) is 7.87. The van der Waals surface area contributed by atoms with Crippen molar-refractivity contribution in [1.82, 2.24) is 4.90 Å². The summed E-state index contributed by atoms with van der Waals surface area (Å²) in [6.07, 6.45) is 3.05. The summed E-state index contributed by atoms with van der Waals surface area (Å²) in [5, 5.41) is 18.6. The lowest BCUT2D eigenvalue weighted by atomic mass is 9.94. The van der Waals surface area contributed by atoms with Crippen molar-refractivity contribution >= 4 is 5.97 Å². The molecule has 32 heavy (non-hydrogen) atoms. The van der Waals surface area contributed by atoms with Crippen molar-refractivity contribution < 1.29 is 19.0 Å². The number of halogens is 1. The number of rotatable bonds is 9. The lowest BCUT2D eigenvalue weighted by Gasteiger charge is -2.36. The van der Waals surface area contributed by atoms with Crippen LogP contribution in [0.4, 0.5) is 4.39 Å². The summed E-state index contributed by atoms with van der Waals surface area (Å²) < 4.78 is 20.7. The lowest BCUT2D eigenvalue weighted by molar-refractivity contribution is 0.0568. The van der Waals surface area contributed by atoms with E-state index in [0.717, 1.165) is 37.1 Å². The highest BCUT2D eigenvalue weighted by atomic mass is 19.1. The topological polar surface area (TPSA) is 73.6 Å². The van der Waals surface area contributed by atoms with Crippen LogP contribution in [0.3, 0.4) is 0 Å². The van der Waals surface area contributed by atoms with Gasteiger partial charge < -0.3 is 14.7 Å². The number of likely N-dealkylation sites (tertiary alicyclic amines) is 1. The summed E-state index contributed by atoms with van der Waals surface area (Å²) in [6, 6.07) is 14.1. The fraction of sp³-hybridized carbons (Fsp3) is 0.462. The Hall–Kier alpha value is -2.91. The number of nitrogens with zero attached hydrogens (tertiary/aromatic N) is 2. The van der Waals surface area contributed by atoms with Gasteiger partial charge in [-0.05, 0) is 86.1 Å². The molecule has 1 heterocycles. The van der Waals surface area contributed by atoms with E-state index in [1.54, 1.807) is 18.2 Å². The Morgan fingerprint density at radius 1 is 1.19 bits per heavy atom. The van der Waals surface area contributed by atoms with E-state index >= 15 is 0 Å². The molecule has 0 unspecified atom stereocenters. The first-order valence-electron chi connectivity index (χ1n) is 11.3. The first-order chi connectivity index (χ1) is 15.4. The van der Waals surface area contributed by atoms with Gasteiger partial charge in [0.05, 0.1) is 23.8 Å². The zero-order chi connectivity index (χ0) is 23.1. The number of nitriles is 1. The zero-order valence-corrected chi connectivity index (χ0v) is 18.8. The minimum absolute atomic E-state index is 0.208. The molecular formula is C26H31FN2O3. The minimum Gasteiger partial charge on any atom is -0.493 e. The third kappa shape index (κ3) is 5.86. The average molecular weight is 439 g/mol. The fourth-order valence-electron chi connectivity index (χ4n) is 4.15. The highest BCUT2D eigenvalue weighted by molar-refractivity contribution is 5.88. The third-order valence-electron chi connectivity index (χ3n) is 6.52. The van der Waals surface area contributed by atoms with Gasteiger partial charge in [-0.1, -0.05) is 26.0 Å². The highest BCUT2D eigenvalue weighted by Gasteiger charge is 2.30. The molecule has 0 bridgehead atoms. The second kappa shape index (κ2) is 10.6. The van der Waals surface area contributed by atoms with Crippen molar-refractivity contribution in [1.29, 1.82) is 5.26 Å². The molecule has 0 atom stereocenters. The second-order valence-electron chi connectivity index (χ2n) is 8.59.